The molecule has 2 aromatic rings. The van der Waals surface area contributed by atoms with E-state index < -0.39 is 5.41 Å². The molecule has 0 aromatic carbocycles. The molecule has 2 amide bonds. The number of nitrogens with zero attached hydrogens (tertiary/aromatic N) is 5. The first-order chi connectivity index (χ1) is 14.6. The molecule has 8 heteroatoms. The molecule has 2 aliphatic heterocycles. The van der Waals surface area contributed by atoms with Crippen LogP contribution < -0.4 is 10.2 Å². The van der Waals surface area contributed by atoms with Crippen molar-refractivity contribution in [2.75, 3.05) is 29.9 Å². The summed E-state index contributed by atoms with van der Waals surface area (Å²) in [7, 11) is 0. The largest absolute Gasteiger partial charge is 0.338 e. The zero-order valence-corrected chi connectivity index (χ0v) is 16.5. The molecular formula is C22H22N6O2. The maximum atomic E-state index is 13.0. The van der Waals surface area contributed by atoms with Crippen LogP contribution in [0.1, 0.15) is 36.0 Å². The van der Waals surface area contributed by atoms with Crippen molar-refractivity contribution >= 4 is 29.1 Å². The monoisotopic (exact) mass is 402 g/mol. The highest BCUT2D eigenvalue weighted by molar-refractivity contribution is 6.02. The van der Waals surface area contributed by atoms with Gasteiger partial charge in [0, 0.05) is 43.8 Å². The number of carbonyl (C=O) groups excluding carboxylic acids is 2. The fourth-order valence-corrected chi connectivity index (χ4v) is 4.22. The minimum atomic E-state index is -0.864. The number of hydrogen-bond acceptors (Lipinski definition) is 6. The summed E-state index contributed by atoms with van der Waals surface area (Å²) in [6.07, 6.45) is 6.74. The summed E-state index contributed by atoms with van der Waals surface area (Å²) >= 11 is 0. The normalized spacial score (nSPS) is 23.1. The lowest BCUT2D eigenvalue weighted by atomic mass is 9.83. The maximum Gasteiger partial charge on any atom is 0.255 e. The number of pyridine rings is 2. The highest BCUT2D eigenvalue weighted by Gasteiger charge is 2.56. The Kier molecular flexibility index (Phi) is 4.39. The summed E-state index contributed by atoms with van der Waals surface area (Å²) in [5.74, 6) is 1.22. The summed E-state index contributed by atoms with van der Waals surface area (Å²) in [4.78, 5) is 37.4. The molecule has 1 aliphatic carbocycles. The van der Waals surface area contributed by atoms with Crippen LogP contribution in [0.5, 0.6) is 0 Å². The van der Waals surface area contributed by atoms with Gasteiger partial charge < -0.3 is 15.1 Å². The van der Waals surface area contributed by atoms with Crippen LogP contribution in [0.25, 0.3) is 0 Å². The third kappa shape index (κ3) is 3.07. The molecule has 4 heterocycles. The van der Waals surface area contributed by atoms with Crippen LogP contribution >= 0.6 is 0 Å². The Morgan fingerprint density at radius 1 is 1.17 bits per heavy atom. The number of nitriles is 1. The van der Waals surface area contributed by atoms with Crippen molar-refractivity contribution in [1.82, 2.24) is 14.9 Å². The fraction of sp³-hybridized carbons (Fsp3) is 0.409. The van der Waals surface area contributed by atoms with Crippen LogP contribution in [0.4, 0.5) is 17.3 Å². The molecule has 0 radical (unpaired) electrons. The van der Waals surface area contributed by atoms with Gasteiger partial charge in [0.1, 0.15) is 17.1 Å². The Bertz CT molecular complexity index is 1040. The number of anilines is 3. The SMILES string of the molecule is N#C[C@@]1(C2CC2)CCN(c2ccnc(Nc3ccc(C(=O)N4CCC4)cn3)c2)C1=O. The number of likely N-dealkylation sites (tertiary alicyclic amines) is 1. The van der Waals surface area contributed by atoms with E-state index in [9.17, 15) is 14.9 Å². The Balaban J connectivity index is 1.30. The van der Waals surface area contributed by atoms with Gasteiger partial charge in [0.05, 0.1) is 11.6 Å². The van der Waals surface area contributed by atoms with Gasteiger partial charge in [-0.05, 0) is 49.8 Å². The molecule has 30 heavy (non-hydrogen) atoms. The van der Waals surface area contributed by atoms with Crippen LogP contribution in [0.3, 0.4) is 0 Å². The van der Waals surface area contributed by atoms with Crippen LogP contribution in [0, 0.1) is 22.7 Å². The lowest BCUT2D eigenvalue weighted by Gasteiger charge is -2.30. The van der Waals surface area contributed by atoms with Gasteiger partial charge in [-0.2, -0.15) is 5.26 Å². The molecule has 1 N–H and O–H groups in total. The topological polar surface area (TPSA) is 102 Å². The third-order valence-corrected chi connectivity index (χ3v) is 6.30. The van der Waals surface area contributed by atoms with E-state index in [-0.39, 0.29) is 17.7 Å². The van der Waals surface area contributed by atoms with Gasteiger partial charge in [0.2, 0.25) is 5.91 Å². The van der Waals surface area contributed by atoms with E-state index in [0.717, 1.165) is 38.0 Å². The van der Waals surface area contributed by atoms with Gasteiger partial charge in [-0.25, -0.2) is 9.97 Å². The van der Waals surface area contributed by atoms with Crippen molar-refractivity contribution in [3.8, 4) is 6.07 Å². The lowest BCUT2D eigenvalue weighted by molar-refractivity contribution is -0.123. The molecule has 0 unspecified atom stereocenters. The standard InChI is InChI=1S/C22H22N6O2/c23-14-22(16-3-4-16)7-11-28(21(22)30)17-6-8-24-19(12-17)26-18-5-2-15(13-25-18)20(29)27-9-1-10-27/h2,5-6,8,12-13,16H,1,3-4,7,9-11H2,(H,24,25,26)/t22-/m1/s1. The van der Waals surface area contributed by atoms with Crippen molar-refractivity contribution in [2.24, 2.45) is 11.3 Å². The number of hydrogen-bond donors (Lipinski definition) is 1. The predicted octanol–water partition coefficient (Wildman–Crippen LogP) is 2.72. The zero-order chi connectivity index (χ0) is 20.7. The van der Waals surface area contributed by atoms with Gasteiger partial charge in [0.15, 0.2) is 0 Å². The summed E-state index contributed by atoms with van der Waals surface area (Å²) < 4.78 is 0. The Labute approximate surface area is 174 Å². The summed E-state index contributed by atoms with van der Waals surface area (Å²) in [6, 6.07) is 9.38. The average Bonchev–Trinajstić information content (AvgIpc) is 3.51. The first-order valence-corrected chi connectivity index (χ1v) is 10.3. The van der Waals surface area contributed by atoms with Crippen molar-refractivity contribution in [2.45, 2.75) is 25.7 Å². The van der Waals surface area contributed by atoms with Crippen molar-refractivity contribution in [3.63, 3.8) is 0 Å². The highest BCUT2D eigenvalue weighted by Crippen LogP contribution is 2.51. The van der Waals surface area contributed by atoms with Crippen LogP contribution in [-0.4, -0.2) is 46.3 Å². The summed E-state index contributed by atoms with van der Waals surface area (Å²) in [5, 5.41) is 12.8. The molecule has 0 spiro atoms. The Morgan fingerprint density at radius 3 is 2.63 bits per heavy atom. The van der Waals surface area contributed by atoms with Crippen molar-refractivity contribution in [3.05, 3.63) is 42.2 Å². The first-order valence-electron chi connectivity index (χ1n) is 10.3. The second-order valence-corrected chi connectivity index (χ2v) is 8.17. The molecule has 1 atom stereocenters. The van der Waals surface area contributed by atoms with Crippen molar-refractivity contribution in [1.29, 1.82) is 5.26 Å². The molecule has 8 nitrogen and oxygen atoms in total. The zero-order valence-electron chi connectivity index (χ0n) is 16.5. The van der Waals surface area contributed by atoms with E-state index >= 15 is 0 Å². The van der Waals surface area contributed by atoms with E-state index in [4.69, 9.17) is 0 Å². The molecule has 3 fully saturated rings. The second kappa shape index (κ2) is 7.10. The molecule has 152 valence electrons. The number of nitrogens with one attached hydrogen (secondary N) is 1. The third-order valence-electron chi connectivity index (χ3n) is 6.30. The van der Waals surface area contributed by atoms with Crippen LogP contribution in [-0.2, 0) is 4.79 Å². The molecule has 2 saturated heterocycles. The van der Waals surface area contributed by atoms with E-state index in [1.54, 1.807) is 46.5 Å². The first kappa shape index (κ1) is 18.6. The lowest BCUT2D eigenvalue weighted by Crippen LogP contribution is -2.42. The number of amides is 2. The quantitative estimate of drug-likeness (QED) is 0.825. The average molecular weight is 402 g/mol. The molecule has 0 bridgehead atoms. The fourth-order valence-electron chi connectivity index (χ4n) is 4.22. The van der Waals surface area contributed by atoms with E-state index in [2.05, 4.69) is 21.4 Å². The predicted molar refractivity (Wildman–Crippen MR) is 110 cm³/mol. The molecule has 1 saturated carbocycles. The van der Waals surface area contributed by atoms with Gasteiger partial charge in [0.25, 0.3) is 5.91 Å². The molecule has 5 rings (SSSR count). The second-order valence-electron chi connectivity index (χ2n) is 8.17. The molecule has 3 aliphatic rings. The smallest absolute Gasteiger partial charge is 0.255 e. The van der Waals surface area contributed by atoms with E-state index in [1.807, 2.05) is 0 Å². The maximum absolute atomic E-state index is 13.0. The van der Waals surface area contributed by atoms with Gasteiger partial charge in [-0.3, -0.25) is 9.59 Å². The molecule has 2 aromatic heterocycles. The summed E-state index contributed by atoms with van der Waals surface area (Å²) in [5.41, 5.74) is 0.425. The Hall–Kier alpha value is -3.47. The number of aromatic nitrogens is 2. The molecular weight excluding hydrogens is 380 g/mol. The van der Waals surface area contributed by atoms with E-state index in [0.29, 0.717) is 30.2 Å². The number of rotatable bonds is 5. The minimum Gasteiger partial charge on any atom is -0.338 e. The van der Waals surface area contributed by atoms with Gasteiger partial charge in [-0.1, -0.05) is 0 Å². The Morgan fingerprint density at radius 2 is 2.00 bits per heavy atom. The van der Waals surface area contributed by atoms with Crippen LogP contribution in [0.15, 0.2) is 36.7 Å². The van der Waals surface area contributed by atoms with Gasteiger partial charge >= 0.3 is 0 Å². The van der Waals surface area contributed by atoms with Crippen LogP contribution in [0.2, 0.25) is 0 Å². The van der Waals surface area contributed by atoms with Crippen molar-refractivity contribution < 1.29 is 9.59 Å². The minimum absolute atomic E-state index is 0.00427. The van der Waals surface area contributed by atoms with Gasteiger partial charge in [-0.15, -0.1) is 0 Å². The highest BCUT2D eigenvalue weighted by atomic mass is 16.2. The summed E-state index contributed by atoms with van der Waals surface area (Å²) in [6.45, 7) is 2.15. The number of carbonyl (C=O) groups is 2. The van der Waals surface area contributed by atoms with E-state index in [1.165, 1.54) is 0 Å².